The van der Waals surface area contributed by atoms with Crippen molar-refractivity contribution in [1.29, 1.82) is 0 Å². The Morgan fingerprint density at radius 1 is 1.75 bits per heavy atom. The minimum Gasteiger partial charge on any atom is -0.509 e. The van der Waals surface area contributed by atoms with Crippen molar-refractivity contribution < 1.29 is 5.11 Å². The molecule has 0 bridgehead atoms. The highest BCUT2D eigenvalue weighted by molar-refractivity contribution is 7.80. The van der Waals surface area contributed by atoms with Gasteiger partial charge in [-0.05, 0) is 12.2 Å². The van der Waals surface area contributed by atoms with Gasteiger partial charge in [-0.3, -0.25) is 0 Å². The summed E-state index contributed by atoms with van der Waals surface area (Å²) in [5.74, 6) is 0.276. The molecule has 0 aromatic carbocycles. The smallest absolute Gasteiger partial charge is 0.170 e. The molecule has 0 aromatic heterocycles. The number of rotatable bonds is 0. The van der Waals surface area contributed by atoms with E-state index in [-0.39, 0.29) is 5.76 Å². The number of nitrogens with one attached hydrogen (secondary N) is 2. The van der Waals surface area contributed by atoms with Crippen molar-refractivity contribution in [3.63, 3.8) is 0 Å². The zero-order valence-electron chi connectivity index (χ0n) is 4.14. The second kappa shape index (κ2) is 2.00. The maximum Gasteiger partial charge on any atom is 0.170 e. The van der Waals surface area contributed by atoms with Crippen molar-refractivity contribution in [3.8, 4) is 0 Å². The average molecular weight is 130 g/mol. The summed E-state index contributed by atoms with van der Waals surface area (Å²) in [5.41, 5.74) is 0. The predicted octanol–water partition coefficient (Wildman–Crippen LogP) is -0.137. The lowest BCUT2D eigenvalue weighted by atomic mass is 10.5. The molecule has 0 spiro atoms. The molecule has 3 nitrogen and oxygen atoms in total. The number of hydrogen-bond donors (Lipinski definition) is 3. The number of aliphatic hydroxyl groups excluding tert-OH is 1. The molecule has 1 aliphatic rings. The number of thiocarbonyl (C=S) groups is 1. The van der Waals surface area contributed by atoms with E-state index in [0.29, 0.717) is 11.7 Å². The van der Waals surface area contributed by atoms with E-state index in [1.165, 1.54) is 6.20 Å². The van der Waals surface area contributed by atoms with E-state index in [4.69, 9.17) is 5.11 Å². The molecule has 0 unspecified atom stereocenters. The van der Waals surface area contributed by atoms with Crippen LogP contribution in [-0.2, 0) is 0 Å². The second-order valence-electron chi connectivity index (χ2n) is 1.46. The molecule has 1 aliphatic heterocycles. The molecule has 0 radical (unpaired) electrons. The lowest BCUT2D eigenvalue weighted by molar-refractivity contribution is 0.390. The summed E-state index contributed by atoms with van der Waals surface area (Å²) in [6, 6.07) is 0. The van der Waals surface area contributed by atoms with E-state index in [9.17, 15) is 0 Å². The Bertz CT molecular complexity index is 143. The molecule has 0 fully saturated rings. The van der Waals surface area contributed by atoms with Crippen LogP contribution in [0.4, 0.5) is 0 Å². The Hall–Kier alpha value is -0.770. The molecule has 0 saturated heterocycles. The van der Waals surface area contributed by atoms with Gasteiger partial charge in [-0.25, -0.2) is 0 Å². The van der Waals surface area contributed by atoms with Crippen molar-refractivity contribution in [2.45, 2.75) is 0 Å². The van der Waals surface area contributed by atoms with Crippen LogP contribution in [0.3, 0.4) is 0 Å². The zero-order chi connectivity index (χ0) is 5.98. The zero-order valence-corrected chi connectivity index (χ0v) is 4.96. The Morgan fingerprint density at radius 3 is 2.88 bits per heavy atom. The van der Waals surface area contributed by atoms with Gasteiger partial charge < -0.3 is 15.7 Å². The van der Waals surface area contributed by atoms with E-state index < -0.39 is 0 Å². The topological polar surface area (TPSA) is 44.3 Å². The molecule has 0 aliphatic carbocycles. The van der Waals surface area contributed by atoms with Gasteiger partial charge in [0.05, 0.1) is 6.54 Å². The number of aliphatic hydroxyl groups is 1. The van der Waals surface area contributed by atoms with E-state index >= 15 is 0 Å². The molecular weight excluding hydrogens is 124 g/mol. The van der Waals surface area contributed by atoms with Gasteiger partial charge in [0.25, 0.3) is 0 Å². The molecule has 0 saturated carbocycles. The summed E-state index contributed by atoms with van der Waals surface area (Å²) >= 11 is 4.68. The van der Waals surface area contributed by atoms with Crippen molar-refractivity contribution >= 4 is 17.3 Å². The van der Waals surface area contributed by atoms with Crippen LogP contribution in [0, 0.1) is 0 Å². The monoisotopic (exact) mass is 130 g/mol. The van der Waals surface area contributed by atoms with Crippen LogP contribution in [0.5, 0.6) is 0 Å². The molecular formula is C4H6N2OS. The van der Waals surface area contributed by atoms with E-state index in [0.717, 1.165) is 0 Å². The third-order valence-corrected chi connectivity index (χ3v) is 1.06. The first-order valence-corrected chi connectivity index (χ1v) is 2.62. The molecule has 4 heteroatoms. The highest BCUT2D eigenvalue weighted by Crippen LogP contribution is 1.86. The van der Waals surface area contributed by atoms with Crippen LogP contribution in [0.15, 0.2) is 12.0 Å². The maximum absolute atomic E-state index is 8.70. The van der Waals surface area contributed by atoms with Gasteiger partial charge in [0, 0.05) is 6.20 Å². The van der Waals surface area contributed by atoms with Gasteiger partial charge in [-0.1, -0.05) is 0 Å². The van der Waals surface area contributed by atoms with E-state index in [1.54, 1.807) is 0 Å². The summed E-state index contributed by atoms with van der Waals surface area (Å²) < 4.78 is 0. The first kappa shape index (κ1) is 5.37. The van der Waals surface area contributed by atoms with Gasteiger partial charge in [-0.2, -0.15) is 0 Å². The Balaban J connectivity index is 2.55. The third-order valence-electron chi connectivity index (χ3n) is 0.800. The molecule has 8 heavy (non-hydrogen) atoms. The highest BCUT2D eigenvalue weighted by atomic mass is 32.1. The highest BCUT2D eigenvalue weighted by Gasteiger charge is 2.00. The molecule has 0 aromatic rings. The fourth-order valence-electron chi connectivity index (χ4n) is 0.422. The molecule has 1 rings (SSSR count). The lowest BCUT2D eigenvalue weighted by Crippen LogP contribution is -2.37. The summed E-state index contributed by atoms with van der Waals surface area (Å²) in [6.45, 7) is 0.436. The third kappa shape index (κ3) is 1.10. The van der Waals surface area contributed by atoms with E-state index in [1.807, 2.05) is 0 Å². The Labute approximate surface area is 52.4 Å². The quantitative estimate of drug-likeness (QED) is 0.399. The van der Waals surface area contributed by atoms with Gasteiger partial charge >= 0.3 is 0 Å². The van der Waals surface area contributed by atoms with Crippen molar-refractivity contribution in [2.75, 3.05) is 6.54 Å². The average Bonchev–Trinajstić information content (AvgIpc) is 1.77. The predicted molar refractivity (Wildman–Crippen MR) is 34.4 cm³/mol. The largest absolute Gasteiger partial charge is 0.509 e. The van der Waals surface area contributed by atoms with Crippen molar-refractivity contribution in [1.82, 2.24) is 10.6 Å². The van der Waals surface area contributed by atoms with E-state index in [2.05, 4.69) is 22.9 Å². The summed E-state index contributed by atoms with van der Waals surface area (Å²) in [5, 5.41) is 14.6. The minimum atomic E-state index is 0.276. The second-order valence-corrected chi connectivity index (χ2v) is 1.87. The standard InChI is InChI=1S/C4H6N2OS/c7-3-1-5-4(8)6-2-3/h1,7H,2H2,(H2,5,6,8). The van der Waals surface area contributed by atoms with Crippen LogP contribution in [0.2, 0.25) is 0 Å². The fraction of sp³-hybridized carbons (Fsp3) is 0.250. The molecule has 3 N–H and O–H groups in total. The molecule has 44 valence electrons. The van der Waals surface area contributed by atoms with Crippen LogP contribution in [0.1, 0.15) is 0 Å². The van der Waals surface area contributed by atoms with Crippen molar-refractivity contribution in [2.24, 2.45) is 0 Å². The Kier molecular flexibility index (Phi) is 1.34. The summed E-state index contributed by atoms with van der Waals surface area (Å²) in [4.78, 5) is 0. The normalized spacial score (nSPS) is 18.5. The van der Waals surface area contributed by atoms with Crippen molar-refractivity contribution in [3.05, 3.63) is 12.0 Å². The van der Waals surface area contributed by atoms with Crippen LogP contribution >= 0.6 is 12.2 Å². The fourth-order valence-corrected chi connectivity index (χ4v) is 0.553. The maximum atomic E-state index is 8.70. The SMILES string of the molecule is OC1=CNC(=S)NC1. The molecule has 1 heterocycles. The van der Waals surface area contributed by atoms with Crippen LogP contribution in [0.25, 0.3) is 0 Å². The lowest BCUT2D eigenvalue weighted by Gasteiger charge is -2.11. The molecule has 0 amide bonds. The number of hydrogen-bond acceptors (Lipinski definition) is 2. The van der Waals surface area contributed by atoms with Gasteiger partial charge in [0.15, 0.2) is 5.11 Å². The molecule has 0 atom stereocenters. The van der Waals surface area contributed by atoms with Crippen LogP contribution < -0.4 is 10.6 Å². The first-order chi connectivity index (χ1) is 3.79. The minimum absolute atomic E-state index is 0.276. The van der Waals surface area contributed by atoms with Gasteiger partial charge in [0.1, 0.15) is 5.76 Å². The Morgan fingerprint density at radius 2 is 2.50 bits per heavy atom. The van der Waals surface area contributed by atoms with Crippen LogP contribution in [-0.4, -0.2) is 16.8 Å². The van der Waals surface area contributed by atoms with Gasteiger partial charge in [0.2, 0.25) is 0 Å². The first-order valence-electron chi connectivity index (χ1n) is 2.21. The summed E-state index contributed by atoms with van der Waals surface area (Å²) in [6.07, 6.45) is 1.47. The summed E-state index contributed by atoms with van der Waals surface area (Å²) in [7, 11) is 0. The van der Waals surface area contributed by atoms with Gasteiger partial charge in [-0.15, -0.1) is 0 Å².